The molecule has 578 valence electrons. The summed E-state index contributed by atoms with van der Waals surface area (Å²) < 4.78 is 22.9. The van der Waals surface area contributed by atoms with Crippen LogP contribution in [0.1, 0.15) is 354 Å². The fraction of sp³-hybridized carbons (Fsp3) is 0.883. The van der Waals surface area contributed by atoms with Crippen LogP contribution in [-0.4, -0.2) is 165 Å². The molecular weight excluding hydrogens is 1260 g/mol. The number of ketones is 1. The highest BCUT2D eigenvalue weighted by atomic mass is 16.6. The topological polar surface area (TPSA) is 303 Å². The molecule has 6 amide bonds. The van der Waals surface area contributed by atoms with Gasteiger partial charge >= 0.3 is 36.3 Å². The van der Waals surface area contributed by atoms with Crippen LogP contribution in [0.25, 0.3) is 0 Å². The summed E-state index contributed by atoms with van der Waals surface area (Å²) in [5.74, 6) is -5.67. The van der Waals surface area contributed by atoms with E-state index in [-0.39, 0.29) is 71.5 Å². The second kappa shape index (κ2) is 53.4. The standard InChI is InChI=1S/C77H145N7O15/c1-15-17-19-21-23-25-27-29-31-33-35-37-39-41-43-45-59-83(60-46-44-42-40-38-36-34-32-30-28-26-24-22-20-18-16-2)77(54-53-64(78)85,68(91)81-62(67(89)90)51-52-65(86)87)66(88)63(84(72(95)99-76(12,13)14)61-49-56-80-70(93)97-74(6,7)8)50-47-57-82(71(94)98-75(9,10)11)58-48-55-79-69(92)96-73(3,4)5/h62-63H,15-61H2,1-14H3,(H2,78,85)(H,79,92)(H,80,93)(H,81,91)(H,86,87)(H,89,90)/t62-,63-,77+/m0/s1. The number of carboxylic acid groups (broad SMARTS) is 2. The number of nitrogens with two attached hydrogens (primary N) is 1. The number of nitrogens with one attached hydrogen (secondary N) is 3. The first-order valence-corrected chi connectivity index (χ1v) is 38.8. The Balaban J connectivity index is 8.09. The molecule has 0 rings (SSSR count). The molecule has 0 saturated carbocycles. The van der Waals surface area contributed by atoms with Crippen molar-refractivity contribution in [3.05, 3.63) is 0 Å². The van der Waals surface area contributed by atoms with Gasteiger partial charge in [-0.2, -0.15) is 0 Å². The van der Waals surface area contributed by atoms with Crippen LogP contribution >= 0.6 is 0 Å². The Bertz CT molecular complexity index is 2210. The van der Waals surface area contributed by atoms with Gasteiger partial charge in [0.05, 0.1) is 6.04 Å². The Labute approximate surface area is 599 Å². The lowest BCUT2D eigenvalue weighted by atomic mass is 9.79. The third-order valence-corrected chi connectivity index (χ3v) is 17.3. The number of unbranched alkanes of at least 4 members (excludes halogenated alkanes) is 30. The van der Waals surface area contributed by atoms with Crippen molar-refractivity contribution in [3.63, 3.8) is 0 Å². The van der Waals surface area contributed by atoms with E-state index in [1.54, 1.807) is 88.0 Å². The second-order valence-corrected chi connectivity index (χ2v) is 31.4. The summed E-state index contributed by atoms with van der Waals surface area (Å²) in [6.07, 6.45) is 30.6. The summed E-state index contributed by atoms with van der Waals surface area (Å²) >= 11 is 0. The van der Waals surface area contributed by atoms with E-state index in [0.29, 0.717) is 12.8 Å². The smallest absolute Gasteiger partial charge is 0.410 e. The maximum atomic E-state index is 17.0. The number of alkyl carbamates (subject to hydrolysis) is 2. The molecule has 0 aliphatic rings. The van der Waals surface area contributed by atoms with Gasteiger partial charge in [-0.3, -0.25) is 29.0 Å². The molecule has 7 N–H and O–H groups in total. The number of carbonyl (C=O) groups excluding carboxylic acids is 7. The van der Waals surface area contributed by atoms with Crippen molar-refractivity contribution in [2.45, 2.75) is 394 Å². The van der Waals surface area contributed by atoms with E-state index in [0.717, 1.165) is 64.2 Å². The van der Waals surface area contributed by atoms with Crippen LogP contribution in [0.5, 0.6) is 0 Å². The van der Waals surface area contributed by atoms with Crippen molar-refractivity contribution < 1.29 is 72.3 Å². The Morgan fingerprint density at radius 3 is 1.09 bits per heavy atom. The highest BCUT2D eigenvalue weighted by molar-refractivity contribution is 6.14. The number of rotatable bonds is 59. The van der Waals surface area contributed by atoms with Gasteiger partial charge in [0, 0.05) is 45.6 Å². The molecule has 0 heterocycles. The van der Waals surface area contributed by atoms with Crippen LogP contribution in [0.2, 0.25) is 0 Å². The summed E-state index contributed by atoms with van der Waals surface area (Å²) in [6, 6.07) is -3.40. The molecule has 99 heavy (non-hydrogen) atoms. The summed E-state index contributed by atoms with van der Waals surface area (Å²) in [7, 11) is 0. The van der Waals surface area contributed by atoms with Gasteiger partial charge < -0.3 is 55.7 Å². The largest absolute Gasteiger partial charge is 0.481 e. The summed E-state index contributed by atoms with van der Waals surface area (Å²) in [5, 5.41) is 28.5. The van der Waals surface area contributed by atoms with Gasteiger partial charge in [-0.25, -0.2) is 24.0 Å². The van der Waals surface area contributed by atoms with Gasteiger partial charge in [0.1, 0.15) is 28.4 Å². The van der Waals surface area contributed by atoms with Gasteiger partial charge in [-0.05, 0) is 148 Å². The molecule has 0 aromatic carbocycles. The lowest BCUT2D eigenvalue weighted by molar-refractivity contribution is -0.154. The van der Waals surface area contributed by atoms with E-state index in [1.165, 1.54) is 138 Å². The highest BCUT2D eigenvalue weighted by Gasteiger charge is 2.55. The van der Waals surface area contributed by atoms with Crippen molar-refractivity contribution in [1.29, 1.82) is 0 Å². The molecule has 0 aliphatic heterocycles. The third kappa shape index (κ3) is 49.7. The zero-order valence-corrected chi connectivity index (χ0v) is 65.0. The monoisotopic (exact) mass is 1410 g/mol. The number of nitrogens with zero attached hydrogens (tertiary/aromatic N) is 3. The normalized spacial score (nSPS) is 13.2. The average molecular weight is 1410 g/mol. The van der Waals surface area contributed by atoms with Crippen LogP contribution in [0.4, 0.5) is 19.2 Å². The minimum atomic E-state index is -2.42. The second-order valence-electron chi connectivity index (χ2n) is 31.4. The third-order valence-electron chi connectivity index (χ3n) is 17.3. The number of amides is 6. The Morgan fingerprint density at radius 2 is 0.747 bits per heavy atom. The summed E-state index contributed by atoms with van der Waals surface area (Å²) in [4.78, 5) is 131. The molecule has 3 atom stereocenters. The molecule has 0 aliphatic carbocycles. The maximum absolute atomic E-state index is 17.0. The Hall–Kier alpha value is -5.41. The molecule has 0 unspecified atom stereocenters. The number of hydrogen-bond donors (Lipinski definition) is 6. The minimum absolute atomic E-state index is 0.00721. The van der Waals surface area contributed by atoms with Crippen molar-refractivity contribution in [2.75, 3.05) is 45.8 Å². The van der Waals surface area contributed by atoms with Gasteiger partial charge in [0.2, 0.25) is 11.8 Å². The lowest BCUT2D eigenvalue weighted by Gasteiger charge is -2.45. The fourth-order valence-corrected chi connectivity index (χ4v) is 12.1. The summed E-state index contributed by atoms with van der Waals surface area (Å²) in [6.45, 7) is 25.1. The van der Waals surface area contributed by atoms with Crippen molar-refractivity contribution in [1.82, 2.24) is 30.7 Å². The molecule has 0 saturated heterocycles. The van der Waals surface area contributed by atoms with E-state index < -0.39 is 120 Å². The quantitative estimate of drug-likeness (QED) is 0.0187. The Morgan fingerprint density at radius 1 is 0.404 bits per heavy atom. The number of carboxylic acids is 2. The number of hydrogen-bond acceptors (Lipinski definition) is 14. The number of Topliss-reactive ketones (excluding diaryl/α,β-unsaturated/α-hetero) is 1. The first kappa shape index (κ1) is 93.6. The van der Waals surface area contributed by atoms with E-state index in [4.69, 9.17) is 24.7 Å². The van der Waals surface area contributed by atoms with Crippen molar-refractivity contribution >= 4 is 53.9 Å². The minimum Gasteiger partial charge on any atom is -0.481 e. The molecule has 0 aromatic heterocycles. The van der Waals surface area contributed by atoms with E-state index in [2.05, 4.69) is 29.8 Å². The predicted molar refractivity (Wildman–Crippen MR) is 395 cm³/mol. The molecular formula is C77H145N7O15. The first-order chi connectivity index (χ1) is 46.6. The molecule has 22 nitrogen and oxygen atoms in total. The maximum Gasteiger partial charge on any atom is 0.410 e. The van der Waals surface area contributed by atoms with Crippen molar-refractivity contribution in [3.8, 4) is 0 Å². The molecule has 0 aromatic rings. The van der Waals surface area contributed by atoms with Crippen LogP contribution in [0, 0.1) is 0 Å². The average Bonchev–Trinajstić information content (AvgIpc) is 0.759. The molecule has 0 bridgehead atoms. The number of ether oxygens (including phenoxy) is 4. The SMILES string of the molecule is CCCCCCCCCCCCCCCCCCN(CCCCCCCCCCCCCCCCCC)[C@@](CCC(N)=O)(C(=O)N[C@@H](CCC(=O)O)C(=O)O)C(=O)[C@H](CCCN(CCCNC(=O)OC(C)(C)C)C(=O)OC(C)(C)C)N(CCCNC(=O)OC(C)(C)C)C(=O)OC(C)(C)C. The summed E-state index contributed by atoms with van der Waals surface area (Å²) in [5.41, 5.74) is -0.0631. The van der Waals surface area contributed by atoms with Gasteiger partial charge in [0.15, 0.2) is 11.3 Å². The lowest BCUT2D eigenvalue weighted by Crippen LogP contribution is -2.69. The first-order valence-electron chi connectivity index (χ1n) is 38.8. The number of primary amides is 1. The van der Waals surface area contributed by atoms with Crippen LogP contribution in [-0.2, 0) is 42.9 Å². The highest BCUT2D eigenvalue weighted by Crippen LogP contribution is 2.33. The zero-order chi connectivity index (χ0) is 74.8. The van der Waals surface area contributed by atoms with Gasteiger partial charge in [-0.15, -0.1) is 0 Å². The molecule has 0 fully saturated rings. The number of carbonyl (C=O) groups is 9. The Kier molecular flexibility index (Phi) is 50.5. The van der Waals surface area contributed by atoms with E-state index >= 15 is 14.4 Å². The van der Waals surface area contributed by atoms with E-state index in [1.807, 2.05) is 0 Å². The van der Waals surface area contributed by atoms with Crippen LogP contribution in [0.3, 0.4) is 0 Å². The number of aliphatic carboxylic acids is 2. The van der Waals surface area contributed by atoms with Gasteiger partial charge in [-0.1, -0.05) is 206 Å². The predicted octanol–water partition coefficient (Wildman–Crippen LogP) is 17.3. The molecule has 22 heteroatoms. The van der Waals surface area contributed by atoms with Crippen molar-refractivity contribution in [2.24, 2.45) is 5.73 Å². The fourth-order valence-electron chi connectivity index (χ4n) is 12.1. The molecule has 0 radical (unpaired) electrons. The zero-order valence-electron chi connectivity index (χ0n) is 65.0. The van der Waals surface area contributed by atoms with Crippen LogP contribution in [0.15, 0.2) is 0 Å². The van der Waals surface area contributed by atoms with Gasteiger partial charge in [0.25, 0.3) is 0 Å². The molecule has 0 spiro atoms. The van der Waals surface area contributed by atoms with E-state index in [9.17, 15) is 39.0 Å². The van der Waals surface area contributed by atoms with Crippen LogP contribution < -0.4 is 21.7 Å².